The van der Waals surface area contributed by atoms with Crippen molar-refractivity contribution in [1.29, 1.82) is 0 Å². The topological polar surface area (TPSA) is 82.4 Å². The third kappa shape index (κ3) is 7.89. The standard InChI is InChI=1S/C27H34N4O.CH4O/c1-20(23-14-16-24(17-15-23)27(3,4)5)29-25-19-26(32)30-31(25)21(2)28-18-10-9-13-22-11-7-6-8-12-22;1-2/h6-8,11-12,14-17,19,28H,2,9-10,13,18H2,1,3-5H3,(H,30,32);2H,1H3/b29-20+;. The molecule has 0 spiro atoms. The molecule has 0 fully saturated rings. The highest BCUT2D eigenvalue weighted by molar-refractivity contribution is 6.00. The average molecular weight is 463 g/mol. The number of nitrogens with one attached hydrogen (secondary N) is 2. The van der Waals surface area contributed by atoms with E-state index in [-0.39, 0.29) is 11.0 Å². The minimum Gasteiger partial charge on any atom is -0.400 e. The molecular weight excluding hydrogens is 424 g/mol. The lowest BCUT2D eigenvalue weighted by atomic mass is 9.86. The molecule has 3 N–H and O–H groups in total. The van der Waals surface area contributed by atoms with Crippen LogP contribution in [0, 0.1) is 0 Å². The summed E-state index contributed by atoms with van der Waals surface area (Å²) in [5.41, 5.74) is 4.40. The molecule has 0 saturated carbocycles. The van der Waals surface area contributed by atoms with E-state index < -0.39 is 0 Å². The zero-order valence-corrected chi connectivity index (χ0v) is 21.1. The maximum absolute atomic E-state index is 12.0. The van der Waals surface area contributed by atoms with Gasteiger partial charge in [-0.3, -0.25) is 9.89 Å². The van der Waals surface area contributed by atoms with Crippen molar-refractivity contribution in [2.45, 2.75) is 52.4 Å². The quantitative estimate of drug-likeness (QED) is 0.299. The van der Waals surface area contributed by atoms with Gasteiger partial charge < -0.3 is 10.4 Å². The summed E-state index contributed by atoms with van der Waals surface area (Å²) in [7, 11) is 1.00. The predicted molar refractivity (Wildman–Crippen MR) is 143 cm³/mol. The van der Waals surface area contributed by atoms with E-state index in [0.29, 0.717) is 11.6 Å². The molecule has 1 aromatic heterocycles. The Bertz CT molecular complexity index is 1120. The van der Waals surface area contributed by atoms with Crippen molar-refractivity contribution < 1.29 is 5.11 Å². The third-order valence-electron chi connectivity index (χ3n) is 5.50. The van der Waals surface area contributed by atoms with Crippen LogP contribution in [0.15, 0.2) is 77.0 Å². The molecule has 2 aromatic carbocycles. The van der Waals surface area contributed by atoms with Crippen molar-refractivity contribution in [3.05, 3.63) is 94.3 Å². The second-order valence-electron chi connectivity index (χ2n) is 9.15. The molecule has 34 heavy (non-hydrogen) atoms. The van der Waals surface area contributed by atoms with Gasteiger partial charge >= 0.3 is 0 Å². The highest BCUT2D eigenvalue weighted by atomic mass is 16.2. The molecule has 6 heteroatoms. The van der Waals surface area contributed by atoms with Crippen LogP contribution in [-0.4, -0.2) is 34.3 Å². The molecule has 0 saturated heterocycles. The second kappa shape index (κ2) is 12.8. The minimum atomic E-state index is -0.202. The molecule has 0 radical (unpaired) electrons. The van der Waals surface area contributed by atoms with Gasteiger partial charge in [0.2, 0.25) is 0 Å². The number of aromatic nitrogens is 2. The molecule has 3 rings (SSSR count). The SMILES string of the molecule is C=C(NCCCCc1ccccc1)n1[nH]c(=O)cc1/N=C(\C)c1ccc(C(C)(C)C)cc1.CO. The van der Waals surface area contributed by atoms with Crippen LogP contribution >= 0.6 is 0 Å². The average Bonchev–Trinajstić information content (AvgIpc) is 3.20. The fourth-order valence-electron chi connectivity index (χ4n) is 3.53. The number of unbranched alkanes of at least 4 members (excludes halogenated alkanes) is 1. The highest BCUT2D eigenvalue weighted by Gasteiger charge is 2.13. The molecule has 0 amide bonds. The van der Waals surface area contributed by atoms with Crippen molar-refractivity contribution in [1.82, 2.24) is 15.1 Å². The lowest BCUT2D eigenvalue weighted by molar-refractivity contribution is 0.399. The number of rotatable bonds is 9. The second-order valence-corrected chi connectivity index (χ2v) is 9.15. The number of aryl methyl sites for hydroxylation is 1. The van der Waals surface area contributed by atoms with Gasteiger partial charge in [0.25, 0.3) is 5.56 Å². The van der Waals surface area contributed by atoms with Gasteiger partial charge in [0.1, 0.15) is 5.82 Å². The van der Waals surface area contributed by atoms with Crippen LogP contribution in [0.3, 0.4) is 0 Å². The largest absolute Gasteiger partial charge is 0.400 e. The van der Waals surface area contributed by atoms with Crippen molar-refractivity contribution in [3.63, 3.8) is 0 Å². The van der Waals surface area contributed by atoms with Crippen molar-refractivity contribution in [3.8, 4) is 0 Å². The summed E-state index contributed by atoms with van der Waals surface area (Å²) < 4.78 is 1.62. The number of hydrogen-bond acceptors (Lipinski definition) is 4. The van der Waals surface area contributed by atoms with E-state index in [0.717, 1.165) is 44.2 Å². The number of benzene rings is 2. The van der Waals surface area contributed by atoms with Gasteiger partial charge in [-0.2, -0.15) is 0 Å². The number of aliphatic hydroxyl groups excluding tert-OH is 1. The van der Waals surface area contributed by atoms with E-state index in [9.17, 15) is 4.79 Å². The van der Waals surface area contributed by atoms with Gasteiger partial charge in [-0.15, -0.1) is 0 Å². The summed E-state index contributed by atoms with van der Waals surface area (Å²) in [6.45, 7) is 13.4. The monoisotopic (exact) mass is 462 g/mol. The first-order valence-electron chi connectivity index (χ1n) is 11.6. The maximum Gasteiger partial charge on any atom is 0.266 e. The zero-order chi connectivity index (χ0) is 25.1. The lowest BCUT2D eigenvalue weighted by Crippen LogP contribution is -2.19. The van der Waals surface area contributed by atoms with E-state index in [1.807, 2.05) is 13.0 Å². The first-order valence-corrected chi connectivity index (χ1v) is 11.6. The van der Waals surface area contributed by atoms with Crippen molar-refractivity contribution >= 4 is 17.4 Å². The number of aromatic amines is 1. The molecule has 0 unspecified atom stereocenters. The van der Waals surface area contributed by atoms with Gasteiger partial charge in [-0.05, 0) is 48.3 Å². The first kappa shape index (κ1) is 26.9. The molecule has 3 aromatic rings. The molecule has 0 bridgehead atoms. The van der Waals surface area contributed by atoms with Crippen molar-refractivity contribution in [2.75, 3.05) is 13.7 Å². The smallest absolute Gasteiger partial charge is 0.266 e. The van der Waals surface area contributed by atoms with Crippen LogP contribution in [0.2, 0.25) is 0 Å². The van der Waals surface area contributed by atoms with Gasteiger partial charge in [-0.25, -0.2) is 9.67 Å². The Morgan fingerprint density at radius 2 is 1.71 bits per heavy atom. The predicted octanol–water partition coefficient (Wildman–Crippen LogP) is 5.26. The van der Waals surface area contributed by atoms with Crippen LogP contribution in [0.25, 0.3) is 5.82 Å². The van der Waals surface area contributed by atoms with Crippen LogP contribution in [0.5, 0.6) is 0 Å². The Kier molecular flexibility index (Phi) is 10.1. The first-order chi connectivity index (χ1) is 16.2. The Morgan fingerprint density at radius 3 is 2.32 bits per heavy atom. The maximum atomic E-state index is 12.0. The number of aliphatic hydroxyl groups is 1. The molecule has 0 aliphatic carbocycles. The Hall–Kier alpha value is -3.38. The Morgan fingerprint density at radius 1 is 1.06 bits per heavy atom. The van der Waals surface area contributed by atoms with Crippen LogP contribution in [0.1, 0.15) is 57.2 Å². The summed E-state index contributed by atoms with van der Waals surface area (Å²) in [6.07, 6.45) is 3.15. The van der Waals surface area contributed by atoms with Gasteiger partial charge in [0, 0.05) is 25.4 Å². The minimum absolute atomic E-state index is 0.106. The van der Waals surface area contributed by atoms with E-state index in [4.69, 9.17) is 10.1 Å². The Labute approximate surface area is 203 Å². The highest BCUT2D eigenvalue weighted by Crippen LogP contribution is 2.23. The van der Waals surface area contributed by atoms with E-state index >= 15 is 0 Å². The molecule has 6 nitrogen and oxygen atoms in total. The molecule has 0 aliphatic rings. The number of hydrogen-bond donors (Lipinski definition) is 3. The molecule has 1 heterocycles. The molecular formula is C28H38N4O2. The Balaban J connectivity index is 0.00000199. The number of nitrogens with zero attached hydrogens (tertiary/aromatic N) is 2. The summed E-state index contributed by atoms with van der Waals surface area (Å²) in [5.74, 6) is 1.15. The van der Waals surface area contributed by atoms with E-state index in [2.05, 4.69) is 86.3 Å². The van der Waals surface area contributed by atoms with Gasteiger partial charge in [-0.1, -0.05) is 81.9 Å². The third-order valence-corrected chi connectivity index (χ3v) is 5.50. The summed E-state index contributed by atoms with van der Waals surface area (Å²) in [5, 5.41) is 13.1. The normalized spacial score (nSPS) is 11.5. The number of aliphatic imine (C=N–C) groups is 1. The van der Waals surface area contributed by atoms with E-state index in [1.165, 1.54) is 17.2 Å². The summed E-state index contributed by atoms with van der Waals surface area (Å²) in [4.78, 5) is 16.7. The van der Waals surface area contributed by atoms with Gasteiger partial charge in [0.15, 0.2) is 5.82 Å². The molecule has 0 aliphatic heterocycles. The molecule has 0 atom stereocenters. The van der Waals surface area contributed by atoms with Crippen LogP contribution in [-0.2, 0) is 11.8 Å². The van der Waals surface area contributed by atoms with Crippen molar-refractivity contribution in [2.24, 2.45) is 4.99 Å². The summed E-state index contributed by atoms with van der Waals surface area (Å²) in [6, 6.07) is 20.4. The van der Waals surface area contributed by atoms with Gasteiger partial charge in [0.05, 0.1) is 0 Å². The van der Waals surface area contributed by atoms with Crippen LogP contribution < -0.4 is 10.9 Å². The zero-order valence-electron chi connectivity index (χ0n) is 21.1. The van der Waals surface area contributed by atoms with E-state index in [1.54, 1.807) is 4.68 Å². The summed E-state index contributed by atoms with van der Waals surface area (Å²) >= 11 is 0. The van der Waals surface area contributed by atoms with Crippen LogP contribution in [0.4, 0.5) is 5.82 Å². The lowest BCUT2D eigenvalue weighted by Gasteiger charge is -2.19. The number of H-pyrrole nitrogens is 1. The fourth-order valence-corrected chi connectivity index (χ4v) is 3.53. The fraction of sp³-hybridized carbons (Fsp3) is 0.357. The molecule has 182 valence electrons.